The van der Waals surface area contributed by atoms with Crippen LogP contribution in [0.5, 0.6) is 0 Å². The van der Waals surface area contributed by atoms with E-state index in [4.69, 9.17) is 0 Å². The minimum Gasteiger partial charge on any atom is -0.367 e. The zero-order valence-corrected chi connectivity index (χ0v) is 20.7. The first kappa shape index (κ1) is 24.8. The number of nitrogens with zero attached hydrogens (tertiary/aromatic N) is 1. The number of hydrogen-bond donors (Lipinski definition) is 1. The fraction of sp³-hybridized carbons (Fsp3) is 0.458. The lowest BCUT2D eigenvalue weighted by Crippen LogP contribution is -2.31. The van der Waals surface area contributed by atoms with Gasteiger partial charge in [-0.25, -0.2) is 0 Å². The van der Waals surface area contributed by atoms with Gasteiger partial charge < -0.3 is 10.2 Å². The van der Waals surface area contributed by atoms with Gasteiger partial charge in [0, 0.05) is 24.5 Å². The minimum atomic E-state index is -4.32. The number of alkyl halides is 3. The SMILES string of the molecule is CSC(C)(CC(=O)Nc1c(C)cc(N2CCc3cc(C(F)(F)F)ccc3C2)cc1C)SC. The number of anilines is 2. The standard InChI is InChI=1S/C24H29F3N2OS2/c1-15-10-20(11-16(2)22(15)28-21(30)13-23(3,31-4)32-5)29-9-8-17-12-19(24(25,26)27)7-6-18(17)14-29/h6-7,10-12H,8-9,13-14H2,1-5H3,(H,28,30). The van der Waals surface area contributed by atoms with E-state index in [0.29, 0.717) is 25.9 Å². The van der Waals surface area contributed by atoms with E-state index in [9.17, 15) is 18.0 Å². The second-order valence-electron chi connectivity index (χ2n) is 8.37. The Morgan fingerprint density at radius 3 is 2.25 bits per heavy atom. The highest BCUT2D eigenvalue weighted by Gasteiger charge is 2.32. The van der Waals surface area contributed by atoms with Crippen LogP contribution in [0.25, 0.3) is 0 Å². The van der Waals surface area contributed by atoms with Crippen LogP contribution in [0.15, 0.2) is 30.3 Å². The second-order valence-corrected chi connectivity index (χ2v) is 11.3. The summed E-state index contributed by atoms with van der Waals surface area (Å²) in [5.74, 6) is -0.0116. The fourth-order valence-electron chi connectivity index (χ4n) is 3.97. The molecular weight excluding hydrogens is 453 g/mol. The lowest BCUT2D eigenvalue weighted by atomic mass is 9.96. The molecule has 0 radical (unpaired) electrons. The molecule has 1 aliphatic heterocycles. The van der Waals surface area contributed by atoms with Crippen molar-refractivity contribution in [1.82, 2.24) is 0 Å². The summed E-state index contributed by atoms with van der Waals surface area (Å²) in [6.45, 7) is 7.23. The van der Waals surface area contributed by atoms with Crippen LogP contribution in [-0.4, -0.2) is 29.0 Å². The highest BCUT2D eigenvalue weighted by Crippen LogP contribution is 2.38. The van der Waals surface area contributed by atoms with Gasteiger partial charge in [0.2, 0.25) is 5.91 Å². The van der Waals surface area contributed by atoms with Crippen molar-refractivity contribution in [2.75, 3.05) is 29.3 Å². The maximum atomic E-state index is 13.0. The number of hydrogen-bond acceptors (Lipinski definition) is 4. The third-order valence-electron chi connectivity index (χ3n) is 6.04. The predicted molar refractivity (Wildman–Crippen MR) is 131 cm³/mol. The molecule has 3 nitrogen and oxygen atoms in total. The summed E-state index contributed by atoms with van der Waals surface area (Å²) in [5.41, 5.74) is 4.89. The Labute approximate surface area is 196 Å². The van der Waals surface area contributed by atoms with E-state index >= 15 is 0 Å². The molecule has 3 rings (SSSR count). The quantitative estimate of drug-likeness (QED) is 0.467. The molecular formula is C24H29F3N2OS2. The van der Waals surface area contributed by atoms with Gasteiger partial charge in [0.1, 0.15) is 0 Å². The maximum absolute atomic E-state index is 13.0. The first-order valence-electron chi connectivity index (χ1n) is 10.4. The molecule has 1 aliphatic rings. The van der Waals surface area contributed by atoms with Crippen molar-refractivity contribution in [2.45, 2.75) is 50.4 Å². The molecule has 0 bridgehead atoms. The maximum Gasteiger partial charge on any atom is 0.416 e. The van der Waals surface area contributed by atoms with Gasteiger partial charge in [-0.1, -0.05) is 6.07 Å². The topological polar surface area (TPSA) is 32.3 Å². The van der Waals surface area contributed by atoms with Crippen LogP contribution in [0.1, 0.15) is 41.2 Å². The van der Waals surface area contributed by atoms with Crippen LogP contribution in [0.2, 0.25) is 0 Å². The van der Waals surface area contributed by atoms with Gasteiger partial charge in [-0.05, 0) is 86.2 Å². The third kappa shape index (κ3) is 5.57. The van der Waals surface area contributed by atoms with Crippen LogP contribution in [0, 0.1) is 13.8 Å². The number of thioether (sulfide) groups is 2. The smallest absolute Gasteiger partial charge is 0.367 e. The molecule has 1 amide bonds. The summed E-state index contributed by atoms with van der Waals surface area (Å²) in [7, 11) is 0. The Morgan fingerprint density at radius 1 is 1.06 bits per heavy atom. The predicted octanol–water partition coefficient (Wildman–Crippen LogP) is 6.66. The summed E-state index contributed by atoms with van der Waals surface area (Å²) in [6.07, 6.45) is 0.686. The summed E-state index contributed by atoms with van der Waals surface area (Å²) >= 11 is 3.34. The van der Waals surface area contributed by atoms with E-state index in [0.717, 1.165) is 39.7 Å². The Morgan fingerprint density at radius 2 is 1.69 bits per heavy atom. The lowest BCUT2D eigenvalue weighted by molar-refractivity contribution is -0.137. The van der Waals surface area contributed by atoms with E-state index in [1.807, 2.05) is 38.5 Å². The molecule has 0 spiro atoms. The van der Waals surface area contributed by atoms with E-state index in [1.165, 1.54) is 6.07 Å². The number of benzene rings is 2. The van der Waals surface area contributed by atoms with Crippen molar-refractivity contribution in [3.8, 4) is 0 Å². The minimum absolute atomic E-state index is 0.0116. The average molecular weight is 483 g/mol. The zero-order chi connectivity index (χ0) is 23.7. The molecule has 0 atom stereocenters. The zero-order valence-electron chi connectivity index (χ0n) is 19.0. The van der Waals surface area contributed by atoms with Gasteiger partial charge >= 0.3 is 6.18 Å². The highest BCUT2D eigenvalue weighted by molar-refractivity contribution is 8.17. The molecule has 0 unspecified atom stereocenters. The third-order valence-corrected chi connectivity index (χ3v) is 9.05. The number of nitrogens with one attached hydrogen (secondary N) is 1. The Kier molecular flexibility index (Phi) is 7.44. The molecule has 1 N–H and O–H groups in total. The highest BCUT2D eigenvalue weighted by atomic mass is 32.2. The van der Waals surface area contributed by atoms with E-state index < -0.39 is 11.7 Å². The lowest BCUT2D eigenvalue weighted by Gasteiger charge is -2.32. The number of aryl methyl sites for hydroxylation is 2. The van der Waals surface area contributed by atoms with Gasteiger partial charge in [0.15, 0.2) is 0 Å². The van der Waals surface area contributed by atoms with Crippen molar-refractivity contribution in [3.63, 3.8) is 0 Å². The van der Waals surface area contributed by atoms with E-state index in [2.05, 4.69) is 17.1 Å². The number of halogens is 3. The van der Waals surface area contributed by atoms with Gasteiger partial charge in [-0.15, -0.1) is 23.5 Å². The van der Waals surface area contributed by atoms with Gasteiger partial charge in [-0.3, -0.25) is 4.79 Å². The average Bonchev–Trinajstić information content (AvgIpc) is 2.74. The van der Waals surface area contributed by atoms with Gasteiger partial charge in [-0.2, -0.15) is 13.2 Å². The number of rotatable bonds is 6. The van der Waals surface area contributed by atoms with Crippen LogP contribution in [0.3, 0.4) is 0 Å². The summed E-state index contributed by atoms with van der Waals surface area (Å²) in [4.78, 5) is 14.8. The van der Waals surface area contributed by atoms with Crippen LogP contribution in [-0.2, 0) is 23.9 Å². The molecule has 2 aromatic carbocycles. The molecule has 0 aromatic heterocycles. The molecule has 0 saturated carbocycles. The number of carbonyl (C=O) groups excluding carboxylic acids is 1. The van der Waals surface area contributed by atoms with Crippen molar-refractivity contribution in [3.05, 3.63) is 58.1 Å². The Balaban J connectivity index is 1.76. The molecule has 0 aliphatic carbocycles. The monoisotopic (exact) mass is 482 g/mol. The molecule has 8 heteroatoms. The second kappa shape index (κ2) is 9.59. The molecule has 174 valence electrons. The van der Waals surface area contributed by atoms with Crippen molar-refractivity contribution >= 4 is 40.8 Å². The van der Waals surface area contributed by atoms with Crippen LogP contribution >= 0.6 is 23.5 Å². The largest absolute Gasteiger partial charge is 0.416 e. The molecule has 1 heterocycles. The Hall–Kier alpha value is -1.80. The Bertz CT molecular complexity index is 980. The van der Waals surface area contributed by atoms with Crippen LogP contribution < -0.4 is 10.2 Å². The first-order chi connectivity index (χ1) is 15.0. The summed E-state index contributed by atoms with van der Waals surface area (Å²) < 4.78 is 38.8. The number of fused-ring (bicyclic) bond motifs is 1. The van der Waals surface area contributed by atoms with E-state index in [-0.39, 0.29) is 9.99 Å². The van der Waals surface area contributed by atoms with Crippen molar-refractivity contribution < 1.29 is 18.0 Å². The fourth-order valence-corrected chi connectivity index (χ4v) is 5.19. The molecule has 0 fully saturated rings. The number of carbonyl (C=O) groups is 1. The number of amides is 1. The molecule has 32 heavy (non-hydrogen) atoms. The van der Waals surface area contributed by atoms with Crippen molar-refractivity contribution in [2.24, 2.45) is 0 Å². The molecule has 0 saturated heterocycles. The van der Waals surface area contributed by atoms with E-state index in [1.54, 1.807) is 29.6 Å². The van der Waals surface area contributed by atoms with Gasteiger partial charge in [0.05, 0.1) is 16.1 Å². The molecule has 2 aromatic rings. The normalized spacial score (nSPS) is 14.3. The first-order valence-corrected chi connectivity index (χ1v) is 12.9. The summed E-state index contributed by atoms with van der Waals surface area (Å²) in [6, 6.07) is 8.11. The summed E-state index contributed by atoms with van der Waals surface area (Å²) in [5, 5.41) is 3.08. The van der Waals surface area contributed by atoms with Crippen LogP contribution in [0.4, 0.5) is 24.5 Å². The van der Waals surface area contributed by atoms with Crippen molar-refractivity contribution in [1.29, 1.82) is 0 Å². The van der Waals surface area contributed by atoms with Gasteiger partial charge in [0.25, 0.3) is 0 Å².